The molecule has 0 radical (unpaired) electrons. The number of ketones is 2. The molecule has 0 spiro atoms. The first-order chi connectivity index (χ1) is 30.8. The number of aromatic nitrogens is 2. The zero-order valence-electron chi connectivity index (χ0n) is 39.6. The number of methoxy groups -OCH3 is 1. The van der Waals surface area contributed by atoms with Crippen LogP contribution in [0.1, 0.15) is 94.4 Å². The number of nitrogens with one attached hydrogen (secondary N) is 1. The van der Waals surface area contributed by atoms with Crippen molar-refractivity contribution in [2.24, 2.45) is 17.8 Å². The summed E-state index contributed by atoms with van der Waals surface area (Å²) in [4.78, 5) is 58.9. The number of ether oxygens (including phenoxy) is 5. The first kappa shape index (κ1) is 49.9. The van der Waals surface area contributed by atoms with Gasteiger partial charge in [0.2, 0.25) is 0 Å². The van der Waals surface area contributed by atoms with Crippen LogP contribution in [0.3, 0.4) is 0 Å². The summed E-state index contributed by atoms with van der Waals surface area (Å²) in [6.07, 6.45) is -4.36. The van der Waals surface area contributed by atoms with Gasteiger partial charge in [-0.15, -0.1) is 0 Å². The molecule has 6 rings (SSSR count). The highest BCUT2D eigenvalue weighted by Crippen LogP contribution is 2.44. The number of Topliss-reactive ketones (excluding diaryl/α,β-unsaturated/α-hetero) is 2. The summed E-state index contributed by atoms with van der Waals surface area (Å²) in [6.45, 7) is 15.8. The molecule has 13 atom stereocenters. The Kier molecular flexibility index (Phi) is 15.8. The van der Waals surface area contributed by atoms with Gasteiger partial charge < -0.3 is 39.0 Å². The molecule has 2 N–H and O–H groups in total. The zero-order valence-corrected chi connectivity index (χ0v) is 39.6. The molecular formula is C50H69FN4O10. The minimum atomic E-state index is -3.19. The van der Waals surface area contributed by atoms with E-state index >= 15 is 4.39 Å². The van der Waals surface area contributed by atoms with Crippen LogP contribution in [0, 0.1) is 17.8 Å². The normalized spacial score (nSPS) is 35.0. The van der Waals surface area contributed by atoms with Gasteiger partial charge in [0.1, 0.15) is 18.0 Å². The van der Waals surface area contributed by atoms with Crippen LogP contribution < -0.4 is 5.32 Å². The number of unbranched alkanes of at least 4 members (excludes halogenated alkanes) is 1. The van der Waals surface area contributed by atoms with Gasteiger partial charge in [-0.05, 0) is 78.0 Å². The smallest absolute Gasteiger partial charge is 0.410 e. The average Bonchev–Trinajstić information content (AvgIpc) is 3.84. The molecule has 0 saturated carbocycles. The van der Waals surface area contributed by atoms with Gasteiger partial charge in [-0.3, -0.25) is 14.3 Å². The topological polar surface area (TPSA) is 168 Å². The minimum absolute atomic E-state index is 0.00849. The molecule has 3 fully saturated rings. The number of alkyl halides is 1. The lowest BCUT2D eigenvalue weighted by atomic mass is 9.73. The van der Waals surface area contributed by atoms with E-state index in [1.807, 2.05) is 79.2 Å². The second kappa shape index (κ2) is 20.5. The van der Waals surface area contributed by atoms with Gasteiger partial charge in [-0.25, -0.2) is 14.0 Å². The predicted octanol–water partition coefficient (Wildman–Crippen LogP) is 7.34. The van der Waals surface area contributed by atoms with Crippen LogP contribution in [-0.2, 0) is 44.6 Å². The SMILES string of the molecule is CCN[C@H]1C[C@@H](C)O[C@@H](O[C@@H]2[C@@H](C)C(=O)[C@](C)(F)C(=O)O[C@H](CC)[C@@]3(C)OC(=O)N(CCCCn4nc(-c5ccccc5)cc4-c4ccccc4)C3[C@@H](C)C(=O)[C@H](C)C[C@@]2(C)OC)[C@H]1O. The fourth-order valence-electron chi connectivity index (χ4n) is 10.4. The molecule has 356 valence electrons. The highest BCUT2D eigenvalue weighted by molar-refractivity contribution is 6.08. The monoisotopic (exact) mass is 904 g/mol. The first-order valence-corrected chi connectivity index (χ1v) is 23.2. The van der Waals surface area contributed by atoms with Crippen LogP contribution >= 0.6 is 0 Å². The lowest BCUT2D eigenvalue weighted by Crippen LogP contribution is -2.62. The second-order valence-electron chi connectivity index (χ2n) is 18.8. The molecule has 1 amide bonds. The van der Waals surface area contributed by atoms with Gasteiger partial charge in [-0.2, -0.15) is 5.10 Å². The van der Waals surface area contributed by atoms with Crippen LogP contribution in [0.15, 0.2) is 66.7 Å². The largest absolute Gasteiger partial charge is 0.455 e. The second-order valence-corrected chi connectivity index (χ2v) is 18.8. The van der Waals surface area contributed by atoms with E-state index in [1.165, 1.54) is 18.9 Å². The van der Waals surface area contributed by atoms with E-state index in [-0.39, 0.29) is 31.3 Å². The highest BCUT2D eigenvalue weighted by atomic mass is 19.1. The fourth-order valence-corrected chi connectivity index (χ4v) is 10.4. The Morgan fingerprint density at radius 3 is 2.15 bits per heavy atom. The number of hydrogen-bond acceptors (Lipinski definition) is 12. The predicted molar refractivity (Wildman–Crippen MR) is 242 cm³/mol. The number of cyclic esters (lactones) is 1. The van der Waals surface area contributed by atoms with Crippen molar-refractivity contribution in [3.05, 3.63) is 66.7 Å². The number of aliphatic hydroxyl groups is 1. The minimum Gasteiger partial charge on any atom is -0.455 e. The van der Waals surface area contributed by atoms with E-state index in [4.69, 9.17) is 28.8 Å². The number of hydrogen-bond donors (Lipinski definition) is 2. The zero-order chi connectivity index (χ0) is 47.4. The molecule has 14 nitrogen and oxygen atoms in total. The van der Waals surface area contributed by atoms with Crippen molar-refractivity contribution in [3.63, 3.8) is 0 Å². The summed E-state index contributed by atoms with van der Waals surface area (Å²) in [6, 6.07) is 20.6. The summed E-state index contributed by atoms with van der Waals surface area (Å²) < 4.78 is 49.8. The van der Waals surface area contributed by atoms with E-state index in [2.05, 4.69) is 11.4 Å². The van der Waals surface area contributed by atoms with Crippen molar-refractivity contribution in [1.82, 2.24) is 20.0 Å². The number of aryl methyl sites for hydroxylation is 1. The van der Waals surface area contributed by atoms with Gasteiger partial charge in [0, 0.05) is 49.6 Å². The van der Waals surface area contributed by atoms with Crippen LogP contribution in [0.25, 0.3) is 22.5 Å². The standard InChI is InChI=1S/C50H69FN4O10/c1-11-39-50(9)42(54(47(60)65-50)25-19-20-26-55-38(35-23-17-14-18-24-35)28-36(53-55)34-21-15-13-16-22-34)32(5)40(56)30(3)29-48(7,61-10)44(33(6)43(58)49(8,51)46(59)63-39)64-45-41(57)37(52-12-2)27-31(4)62-45/h13-18,21-24,28,30-33,37,39,41-42,44-45,52,57H,11-12,19-20,25-27,29H2,1-10H3/t30-,31-,32+,33+,37+,39-,41+,42?,44-,45+,48-,49+,50-/m1/s1. The number of benzene rings is 2. The summed E-state index contributed by atoms with van der Waals surface area (Å²) >= 11 is 0. The lowest BCUT2D eigenvalue weighted by Gasteiger charge is -2.46. The Balaban J connectivity index is 1.30. The maximum atomic E-state index is 17.0. The molecule has 3 aromatic rings. The maximum absolute atomic E-state index is 17.0. The highest BCUT2D eigenvalue weighted by Gasteiger charge is 2.61. The fraction of sp³-hybridized carbons (Fsp3) is 0.620. The molecule has 1 aromatic heterocycles. The number of aliphatic hydroxyl groups excluding tert-OH is 1. The van der Waals surface area contributed by atoms with E-state index in [0.29, 0.717) is 32.4 Å². The number of likely N-dealkylation sites (N-methyl/N-ethyl adjacent to an activating group) is 1. The Hall–Kier alpha value is -4.54. The number of fused-ring (bicyclic) bond motifs is 1. The summed E-state index contributed by atoms with van der Waals surface area (Å²) in [5.41, 5.74) is -2.48. The summed E-state index contributed by atoms with van der Waals surface area (Å²) in [7, 11) is 1.41. The molecule has 0 bridgehead atoms. The number of rotatable bonds is 13. The average molecular weight is 905 g/mol. The molecule has 3 aliphatic heterocycles. The third kappa shape index (κ3) is 10.2. The van der Waals surface area contributed by atoms with Crippen molar-refractivity contribution >= 4 is 23.6 Å². The van der Waals surface area contributed by atoms with Gasteiger partial charge >= 0.3 is 12.1 Å². The number of halogens is 1. The molecule has 4 heterocycles. The molecule has 65 heavy (non-hydrogen) atoms. The van der Waals surface area contributed by atoms with Crippen LogP contribution in [0.4, 0.5) is 9.18 Å². The van der Waals surface area contributed by atoms with E-state index in [9.17, 15) is 24.3 Å². The number of amides is 1. The molecule has 3 saturated heterocycles. The van der Waals surface area contributed by atoms with Crippen LogP contribution in [0.2, 0.25) is 0 Å². The Morgan fingerprint density at radius 1 is 0.908 bits per heavy atom. The van der Waals surface area contributed by atoms with Crippen molar-refractivity contribution in [1.29, 1.82) is 0 Å². The lowest BCUT2D eigenvalue weighted by molar-refractivity contribution is -0.290. The molecule has 1 unspecified atom stereocenters. The molecular weight excluding hydrogens is 836 g/mol. The van der Waals surface area contributed by atoms with Crippen molar-refractivity contribution < 1.29 is 52.4 Å². The van der Waals surface area contributed by atoms with E-state index in [0.717, 1.165) is 29.4 Å². The molecule has 15 heteroatoms. The molecule has 2 aromatic carbocycles. The Bertz CT molecular complexity index is 2120. The first-order valence-electron chi connectivity index (χ1n) is 23.2. The number of carbonyl (C=O) groups is 4. The number of esters is 1. The molecule has 3 aliphatic rings. The van der Waals surface area contributed by atoms with E-state index in [1.54, 1.807) is 34.6 Å². The Morgan fingerprint density at radius 2 is 1.54 bits per heavy atom. The third-order valence-electron chi connectivity index (χ3n) is 14.0. The van der Waals surface area contributed by atoms with Crippen molar-refractivity contribution in [2.45, 2.75) is 161 Å². The molecule has 0 aliphatic carbocycles. The van der Waals surface area contributed by atoms with Gasteiger partial charge in [0.15, 0.2) is 17.7 Å². The van der Waals surface area contributed by atoms with Crippen molar-refractivity contribution in [2.75, 3.05) is 20.2 Å². The quantitative estimate of drug-likeness (QED) is 0.0997. The number of nitrogens with zero attached hydrogens (tertiary/aromatic N) is 3. The van der Waals surface area contributed by atoms with Gasteiger partial charge in [0.25, 0.3) is 5.67 Å². The number of carbonyl (C=O) groups excluding carboxylic acids is 4. The summed E-state index contributed by atoms with van der Waals surface area (Å²) in [5.74, 6) is -5.83. The maximum Gasteiger partial charge on any atom is 0.410 e. The van der Waals surface area contributed by atoms with Crippen LogP contribution in [0.5, 0.6) is 0 Å². The van der Waals surface area contributed by atoms with Crippen LogP contribution in [-0.4, -0.2) is 123 Å². The summed E-state index contributed by atoms with van der Waals surface area (Å²) in [5, 5.41) is 19.6. The Labute approximate surface area is 382 Å². The van der Waals surface area contributed by atoms with Gasteiger partial charge in [0.05, 0.1) is 35.2 Å². The van der Waals surface area contributed by atoms with E-state index < -0.39 is 89.2 Å². The van der Waals surface area contributed by atoms with Gasteiger partial charge in [-0.1, -0.05) is 95.3 Å². The third-order valence-corrected chi connectivity index (χ3v) is 14.0. The van der Waals surface area contributed by atoms with Crippen molar-refractivity contribution in [3.8, 4) is 22.5 Å².